The summed E-state index contributed by atoms with van der Waals surface area (Å²) in [5, 5.41) is 4.33. The van der Waals surface area contributed by atoms with Gasteiger partial charge in [-0.25, -0.2) is 4.39 Å². The highest BCUT2D eigenvalue weighted by atomic mass is 19.1. The molecule has 0 fully saturated rings. The van der Waals surface area contributed by atoms with Gasteiger partial charge in [0.25, 0.3) is 0 Å². The van der Waals surface area contributed by atoms with Gasteiger partial charge in [-0.3, -0.25) is 4.68 Å². The van der Waals surface area contributed by atoms with Gasteiger partial charge in [0, 0.05) is 18.3 Å². The molecule has 1 aromatic heterocycles. The molecule has 0 bridgehead atoms. The van der Waals surface area contributed by atoms with Gasteiger partial charge in [-0.2, -0.15) is 5.10 Å². The zero-order chi connectivity index (χ0) is 11.0. The molecule has 0 unspecified atom stereocenters. The maximum atomic E-state index is 12.8. The summed E-state index contributed by atoms with van der Waals surface area (Å²) in [6, 6.07) is 6.51. The van der Waals surface area contributed by atoms with Crippen LogP contribution in [-0.2, 0) is 7.05 Å². The minimum absolute atomic E-state index is 0.210. The Bertz CT molecular complexity index is 483. The molecule has 0 saturated carbocycles. The van der Waals surface area contributed by atoms with E-state index in [1.54, 1.807) is 12.1 Å². The van der Waals surface area contributed by atoms with E-state index in [-0.39, 0.29) is 5.82 Å². The lowest BCUT2D eigenvalue weighted by Gasteiger charge is -2.01. The highest BCUT2D eigenvalue weighted by Crippen LogP contribution is 2.26. The van der Waals surface area contributed by atoms with Gasteiger partial charge in [0.15, 0.2) is 0 Å². The molecule has 0 radical (unpaired) electrons. The molecule has 78 valence electrons. The molecule has 0 aliphatic carbocycles. The molecular formula is C12H13FN2. The van der Waals surface area contributed by atoms with Crippen molar-refractivity contribution in [2.75, 3.05) is 0 Å². The third-order valence-electron chi connectivity index (χ3n) is 2.64. The lowest BCUT2D eigenvalue weighted by molar-refractivity contribution is 0.628. The fourth-order valence-corrected chi connectivity index (χ4v) is 1.81. The summed E-state index contributed by atoms with van der Waals surface area (Å²) >= 11 is 0. The first-order chi connectivity index (χ1) is 7.09. The van der Waals surface area contributed by atoms with E-state index >= 15 is 0 Å². The Morgan fingerprint density at radius 2 is 1.73 bits per heavy atom. The summed E-state index contributed by atoms with van der Waals surface area (Å²) in [5.74, 6) is -0.210. The minimum atomic E-state index is -0.210. The summed E-state index contributed by atoms with van der Waals surface area (Å²) in [7, 11) is 1.91. The number of benzene rings is 1. The SMILES string of the molecule is Cc1nn(C)c(C)c1-c1ccc(F)cc1. The van der Waals surface area contributed by atoms with Crippen molar-refractivity contribution in [1.29, 1.82) is 0 Å². The number of rotatable bonds is 1. The van der Waals surface area contributed by atoms with Crippen LogP contribution < -0.4 is 0 Å². The molecule has 2 aromatic rings. The number of hydrogen-bond donors (Lipinski definition) is 0. The van der Waals surface area contributed by atoms with E-state index in [2.05, 4.69) is 5.10 Å². The van der Waals surface area contributed by atoms with Crippen LogP contribution in [0.15, 0.2) is 24.3 Å². The molecule has 0 N–H and O–H groups in total. The van der Waals surface area contributed by atoms with Gasteiger partial charge >= 0.3 is 0 Å². The molecule has 0 spiro atoms. The van der Waals surface area contributed by atoms with Crippen LogP contribution in [0.25, 0.3) is 11.1 Å². The van der Waals surface area contributed by atoms with Gasteiger partial charge in [0.1, 0.15) is 5.82 Å². The number of halogens is 1. The van der Waals surface area contributed by atoms with Crippen molar-refractivity contribution in [3.05, 3.63) is 41.5 Å². The smallest absolute Gasteiger partial charge is 0.123 e. The first-order valence-electron chi connectivity index (χ1n) is 4.85. The maximum absolute atomic E-state index is 12.8. The molecule has 0 saturated heterocycles. The topological polar surface area (TPSA) is 17.8 Å². The third-order valence-corrected chi connectivity index (χ3v) is 2.64. The van der Waals surface area contributed by atoms with E-state index in [1.165, 1.54) is 12.1 Å². The van der Waals surface area contributed by atoms with Crippen LogP contribution in [0.2, 0.25) is 0 Å². The largest absolute Gasteiger partial charge is 0.272 e. The molecule has 3 heteroatoms. The molecule has 0 aliphatic rings. The number of nitrogens with zero attached hydrogens (tertiary/aromatic N) is 2. The molecule has 0 aliphatic heterocycles. The minimum Gasteiger partial charge on any atom is -0.272 e. The van der Waals surface area contributed by atoms with E-state index in [0.29, 0.717) is 0 Å². The monoisotopic (exact) mass is 204 g/mol. The summed E-state index contributed by atoms with van der Waals surface area (Å²) in [6.07, 6.45) is 0. The standard InChI is InChI=1S/C12H13FN2/c1-8-12(9(2)15(3)14-8)10-4-6-11(13)7-5-10/h4-7H,1-3H3. The number of aryl methyl sites for hydroxylation is 2. The van der Waals surface area contributed by atoms with E-state index in [4.69, 9.17) is 0 Å². The number of hydrogen-bond acceptors (Lipinski definition) is 1. The van der Waals surface area contributed by atoms with E-state index in [1.807, 2.05) is 25.6 Å². The molecule has 0 amide bonds. The highest BCUT2D eigenvalue weighted by molar-refractivity contribution is 5.68. The van der Waals surface area contributed by atoms with Gasteiger partial charge in [0.2, 0.25) is 0 Å². The van der Waals surface area contributed by atoms with Crippen molar-refractivity contribution in [2.45, 2.75) is 13.8 Å². The molecule has 0 atom stereocenters. The predicted molar refractivity (Wildman–Crippen MR) is 58.1 cm³/mol. The van der Waals surface area contributed by atoms with Crippen molar-refractivity contribution in [3.63, 3.8) is 0 Å². The van der Waals surface area contributed by atoms with Gasteiger partial charge in [-0.05, 0) is 31.5 Å². The lowest BCUT2D eigenvalue weighted by Crippen LogP contribution is -1.92. The Morgan fingerprint density at radius 1 is 1.13 bits per heavy atom. The summed E-state index contributed by atoms with van der Waals surface area (Å²) in [4.78, 5) is 0. The van der Waals surface area contributed by atoms with Gasteiger partial charge in [-0.1, -0.05) is 12.1 Å². The van der Waals surface area contributed by atoms with Gasteiger partial charge in [0.05, 0.1) is 5.69 Å². The zero-order valence-corrected chi connectivity index (χ0v) is 9.08. The maximum Gasteiger partial charge on any atom is 0.123 e. The highest BCUT2D eigenvalue weighted by Gasteiger charge is 2.10. The summed E-state index contributed by atoms with van der Waals surface area (Å²) in [5.41, 5.74) is 4.18. The van der Waals surface area contributed by atoms with E-state index < -0.39 is 0 Å². The van der Waals surface area contributed by atoms with Crippen LogP contribution in [0.4, 0.5) is 4.39 Å². The van der Waals surface area contributed by atoms with Crippen molar-refractivity contribution in [2.24, 2.45) is 7.05 Å². The van der Waals surface area contributed by atoms with Crippen molar-refractivity contribution < 1.29 is 4.39 Å². The van der Waals surface area contributed by atoms with Crippen molar-refractivity contribution in [3.8, 4) is 11.1 Å². The Labute approximate surface area is 88.4 Å². The second-order valence-corrected chi connectivity index (χ2v) is 3.68. The van der Waals surface area contributed by atoms with E-state index in [0.717, 1.165) is 22.5 Å². The average Bonchev–Trinajstić information content (AvgIpc) is 2.44. The second kappa shape index (κ2) is 3.50. The Balaban J connectivity index is 2.58. The molecule has 15 heavy (non-hydrogen) atoms. The van der Waals surface area contributed by atoms with Crippen LogP contribution in [0, 0.1) is 19.7 Å². The van der Waals surface area contributed by atoms with Crippen LogP contribution in [0.1, 0.15) is 11.4 Å². The average molecular weight is 204 g/mol. The normalized spacial score (nSPS) is 10.7. The van der Waals surface area contributed by atoms with Crippen LogP contribution in [0.5, 0.6) is 0 Å². The fraction of sp³-hybridized carbons (Fsp3) is 0.250. The molecule has 1 aromatic carbocycles. The molecular weight excluding hydrogens is 191 g/mol. The van der Waals surface area contributed by atoms with Crippen LogP contribution >= 0.6 is 0 Å². The molecule has 2 nitrogen and oxygen atoms in total. The quantitative estimate of drug-likeness (QED) is 0.698. The first-order valence-corrected chi connectivity index (χ1v) is 4.85. The van der Waals surface area contributed by atoms with Crippen LogP contribution in [0.3, 0.4) is 0 Å². The van der Waals surface area contributed by atoms with Gasteiger partial charge in [-0.15, -0.1) is 0 Å². The second-order valence-electron chi connectivity index (χ2n) is 3.68. The van der Waals surface area contributed by atoms with Crippen LogP contribution in [-0.4, -0.2) is 9.78 Å². The Kier molecular flexibility index (Phi) is 2.31. The Hall–Kier alpha value is -1.64. The fourth-order valence-electron chi connectivity index (χ4n) is 1.81. The first kappa shape index (κ1) is 9.90. The molecule has 2 rings (SSSR count). The molecule has 1 heterocycles. The van der Waals surface area contributed by atoms with Crippen molar-refractivity contribution in [1.82, 2.24) is 9.78 Å². The zero-order valence-electron chi connectivity index (χ0n) is 9.08. The predicted octanol–water partition coefficient (Wildman–Crippen LogP) is 2.84. The van der Waals surface area contributed by atoms with E-state index in [9.17, 15) is 4.39 Å². The van der Waals surface area contributed by atoms with Crippen molar-refractivity contribution >= 4 is 0 Å². The van der Waals surface area contributed by atoms with Gasteiger partial charge < -0.3 is 0 Å². The summed E-state index contributed by atoms with van der Waals surface area (Å²) in [6.45, 7) is 3.98. The lowest BCUT2D eigenvalue weighted by atomic mass is 10.0. The third kappa shape index (κ3) is 1.65. The summed E-state index contributed by atoms with van der Waals surface area (Å²) < 4.78 is 14.6. The Morgan fingerprint density at radius 3 is 2.20 bits per heavy atom. The number of aromatic nitrogens is 2.